The highest BCUT2D eigenvalue weighted by atomic mass is 32.2. The molecule has 0 aliphatic rings. The van der Waals surface area contributed by atoms with Crippen molar-refractivity contribution in [2.75, 3.05) is 5.43 Å². The second-order valence-electron chi connectivity index (χ2n) is 4.96. The van der Waals surface area contributed by atoms with E-state index < -0.39 is 0 Å². The van der Waals surface area contributed by atoms with E-state index in [1.54, 1.807) is 0 Å². The molecule has 0 atom stereocenters. The first-order valence-corrected chi connectivity index (χ1v) is 6.83. The molecule has 1 aromatic heterocycles. The lowest BCUT2D eigenvalue weighted by atomic mass is 10.2. The van der Waals surface area contributed by atoms with Crippen LogP contribution in [0, 0.1) is 6.92 Å². The Bertz CT molecular complexity index is 360. The quantitative estimate of drug-likeness (QED) is 0.639. The minimum atomic E-state index is 0.219. The van der Waals surface area contributed by atoms with Crippen LogP contribution in [0.2, 0.25) is 0 Å². The fourth-order valence-corrected chi connectivity index (χ4v) is 2.14. The number of nitrogens with zero attached hydrogens (tertiary/aromatic N) is 2. The van der Waals surface area contributed by atoms with Gasteiger partial charge in [-0.05, 0) is 13.3 Å². The van der Waals surface area contributed by atoms with Gasteiger partial charge >= 0.3 is 0 Å². The second kappa shape index (κ2) is 5.69. The summed E-state index contributed by atoms with van der Waals surface area (Å²) < 4.78 is 0.219. The molecule has 1 rings (SSSR count). The fraction of sp³-hybridized carbons (Fsp3) is 0.667. The van der Waals surface area contributed by atoms with Gasteiger partial charge in [0.05, 0.1) is 5.75 Å². The van der Waals surface area contributed by atoms with Crippen LogP contribution in [0.25, 0.3) is 0 Å². The van der Waals surface area contributed by atoms with Gasteiger partial charge in [-0.3, -0.25) is 0 Å². The molecule has 1 aromatic rings. The molecule has 0 saturated heterocycles. The van der Waals surface area contributed by atoms with Gasteiger partial charge in [0.1, 0.15) is 11.6 Å². The molecule has 0 aromatic carbocycles. The van der Waals surface area contributed by atoms with Gasteiger partial charge < -0.3 is 5.43 Å². The van der Waals surface area contributed by atoms with Crippen molar-refractivity contribution in [1.29, 1.82) is 0 Å². The number of anilines is 1. The predicted molar refractivity (Wildman–Crippen MR) is 75.0 cm³/mol. The van der Waals surface area contributed by atoms with E-state index in [1.807, 2.05) is 18.7 Å². The summed E-state index contributed by atoms with van der Waals surface area (Å²) in [5.74, 6) is 7.87. The summed E-state index contributed by atoms with van der Waals surface area (Å²) in [6, 6.07) is 0. The van der Waals surface area contributed by atoms with Gasteiger partial charge in [-0.25, -0.2) is 15.8 Å². The zero-order valence-corrected chi connectivity index (χ0v) is 12.1. The van der Waals surface area contributed by atoms with Gasteiger partial charge in [0, 0.05) is 16.0 Å². The molecule has 96 valence electrons. The summed E-state index contributed by atoms with van der Waals surface area (Å²) in [7, 11) is 0. The van der Waals surface area contributed by atoms with Crippen LogP contribution >= 0.6 is 11.8 Å². The molecule has 1 heterocycles. The molecule has 3 N–H and O–H groups in total. The molecule has 4 nitrogen and oxygen atoms in total. The summed E-state index contributed by atoms with van der Waals surface area (Å²) in [6.07, 6.45) is 0.899. The number of hydrogen-bond donors (Lipinski definition) is 2. The summed E-state index contributed by atoms with van der Waals surface area (Å²) in [5, 5.41) is 0. The molecule has 0 unspecified atom stereocenters. The summed E-state index contributed by atoms with van der Waals surface area (Å²) in [4.78, 5) is 9.01. The zero-order chi connectivity index (χ0) is 13.1. The molecule has 0 spiro atoms. The maximum atomic E-state index is 5.48. The van der Waals surface area contributed by atoms with Crippen molar-refractivity contribution < 1.29 is 0 Å². The van der Waals surface area contributed by atoms with Crippen molar-refractivity contribution in [3.05, 3.63) is 17.1 Å². The lowest BCUT2D eigenvalue weighted by Crippen LogP contribution is -2.15. The minimum Gasteiger partial charge on any atom is -0.308 e. The van der Waals surface area contributed by atoms with E-state index >= 15 is 0 Å². The fourth-order valence-electron chi connectivity index (χ4n) is 1.44. The van der Waals surface area contributed by atoms with Crippen LogP contribution in [0.15, 0.2) is 0 Å². The highest BCUT2D eigenvalue weighted by Gasteiger charge is 2.14. The second-order valence-corrected chi connectivity index (χ2v) is 6.76. The third kappa shape index (κ3) is 4.16. The molecular formula is C12H22N4S. The third-order valence-corrected chi connectivity index (χ3v) is 3.67. The standard InChI is InChI=1S/C12H22N4S/c1-6-9-8(2)11(16-13)15-10(14-9)7-17-12(3,4)5/h6-7,13H2,1-5H3,(H,14,15,16). The third-order valence-electron chi connectivity index (χ3n) is 2.40. The maximum absolute atomic E-state index is 5.48. The largest absolute Gasteiger partial charge is 0.308 e. The van der Waals surface area contributed by atoms with E-state index in [2.05, 4.69) is 43.1 Å². The normalized spacial score (nSPS) is 11.6. The highest BCUT2D eigenvalue weighted by Crippen LogP contribution is 2.27. The van der Waals surface area contributed by atoms with E-state index in [0.717, 1.165) is 35.1 Å². The van der Waals surface area contributed by atoms with Crippen molar-refractivity contribution in [2.24, 2.45) is 5.84 Å². The molecule has 0 fully saturated rings. The predicted octanol–water partition coefficient (Wildman–Crippen LogP) is 2.66. The van der Waals surface area contributed by atoms with Crippen molar-refractivity contribution in [3.8, 4) is 0 Å². The van der Waals surface area contributed by atoms with Crippen LogP contribution in [-0.2, 0) is 12.2 Å². The molecule has 0 amide bonds. The van der Waals surface area contributed by atoms with E-state index in [-0.39, 0.29) is 4.75 Å². The lowest BCUT2D eigenvalue weighted by molar-refractivity contribution is 0.798. The molecule has 0 aliphatic heterocycles. The van der Waals surface area contributed by atoms with E-state index in [1.165, 1.54) is 0 Å². The van der Waals surface area contributed by atoms with Gasteiger partial charge in [0.15, 0.2) is 0 Å². The highest BCUT2D eigenvalue weighted by molar-refractivity contribution is 7.99. The summed E-state index contributed by atoms with van der Waals surface area (Å²) in [5.41, 5.74) is 4.76. The maximum Gasteiger partial charge on any atom is 0.146 e. The van der Waals surface area contributed by atoms with Crippen LogP contribution in [0.3, 0.4) is 0 Å². The van der Waals surface area contributed by atoms with Crippen LogP contribution in [0.4, 0.5) is 5.82 Å². The Morgan fingerprint density at radius 1 is 1.29 bits per heavy atom. The molecule has 0 radical (unpaired) electrons. The van der Waals surface area contributed by atoms with Crippen LogP contribution in [-0.4, -0.2) is 14.7 Å². The number of hydrazine groups is 1. The van der Waals surface area contributed by atoms with Crippen molar-refractivity contribution in [2.45, 2.75) is 51.5 Å². The van der Waals surface area contributed by atoms with Crippen LogP contribution in [0.1, 0.15) is 44.8 Å². The SMILES string of the molecule is CCc1nc(CSC(C)(C)C)nc(NN)c1C. The smallest absolute Gasteiger partial charge is 0.146 e. The van der Waals surface area contributed by atoms with E-state index in [4.69, 9.17) is 5.84 Å². The molecule has 5 heteroatoms. The van der Waals surface area contributed by atoms with Gasteiger partial charge in [0.2, 0.25) is 0 Å². The van der Waals surface area contributed by atoms with Crippen LogP contribution in [0.5, 0.6) is 0 Å². The first-order valence-electron chi connectivity index (χ1n) is 5.84. The van der Waals surface area contributed by atoms with Gasteiger partial charge in [-0.2, -0.15) is 0 Å². The number of aromatic nitrogens is 2. The molecular weight excluding hydrogens is 232 g/mol. The Labute approximate surface area is 108 Å². The summed E-state index contributed by atoms with van der Waals surface area (Å²) in [6.45, 7) is 10.7. The van der Waals surface area contributed by atoms with Gasteiger partial charge in [-0.1, -0.05) is 27.7 Å². The number of rotatable bonds is 4. The number of nitrogen functional groups attached to an aromatic ring is 1. The van der Waals surface area contributed by atoms with E-state index in [9.17, 15) is 0 Å². The topological polar surface area (TPSA) is 63.8 Å². The average Bonchev–Trinajstić information content (AvgIpc) is 2.26. The Morgan fingerprint density at radius 2 is 1.94 bits per heavy atom. The lowest BCUT2D eigenvalue weighted by Gasteiger charge is -2.17. The van der Waals surface area contributed by atoms with Crippen molar-refractivity contribution >= 4 is 17.6 Å². The Kier molecular flexibility index (Phi) is 4.77. The van der Waals surface area contributed by atoms with Gasteiger partial charge in [-0.15, -0.1) is 11.8 Å². The van der Waals surface area contributed by atoms with Gasteiger partial charge in [0.25, 0.3) is 0 Å². The Morgan fingerprint density at radius 3 is 2.41 bits per heavy atom. The first-order chi connectivity index (χ1) is 7.87. The number of nitrogens with one attached hydrogen (secondary N) is 1. The van der Waals surface area contributed by atoms with Crippen LogP contribution < -0.4 is 11.3 Å². The number of aryl methyl sites for hydroxylation is 1. The van der Waals surface area contributed by atoms with E-state index in [0.29, 0.717) is 0 Å². The zero-order valence-electron chi connectivity index (χ0n) is 11.3. The molecule has 0 saturated carbocycles. The Hall–Kier alpha value is -0.810. The summed E-state index contributed by atoms with van der Waals surface area (Å²) >= 11 is 1.84. The minimum absolute atomic E-state index is 0.219. The first kappa shape index (κ1) is 14.3. The number of thioether (sulfide) groups is 1. The molecule has 0 aliphatic carbocycles. The average molecular weight is 254 g/mol. The Balaban J connectivity index is 2.93. The molecule has 17 heavy (non-hydrogen) atoms. The van der Waals surface area contributed by atoms with Crippen molar-refractivity contribution in [3.63, 3.8) is 0 Å². The molecule has 0 bridgehead atoms. The number of nitrogens with two attached hydrogens (primary N) is 1. The monoisotopic (exact) mass is 254 g/mol. The van der Waals surface area contributed by atoms with Crippen molar-refractivity contribution in [1.82, 2.24) is 9.97 Å². The number of hydrogen-bond acceptors (Lipinski definition) is 5.